The highest BCUT2D eigenvalue weighted by atomic mass is 16.5. The average Bonchev–Trinajstić information content (AvgIpc) is 2.83. The predicted molar refractivity (Wildman–Crippen MR) is 123 cm³/mol. The van der Waals surface area contributed by atoms with Crippen molar-refractivity contribution < 1.29 is 14.3 Å². The first-order chi connectivity index (χ1) is 15.2. The molecule has 0 unspecified atom stereocenters. The minimum absolute atomic E-state index is 0.0286. The minimum atomic E-state index is -0.0643. The van der Waals surface area contributed by atoms with Crippen molar-refractivity contribution in [3.8, 4) is 5.75 Å². The highest BCUT2D eigenvalue weighted by Crippen LogP contribution is 2.26. The van der Waals surface area contributed by atoms with Gasteiger partial charge in [0.1, 0.15) is 5.75 Å². The number of piperidine rings is 1. The van der Waals surface area contributed by atoms with E-state index in [1.807, 2.05) is 60.4 Å². The second-order valence-corrected chi connectivity index (χ2v) is 7.87. The Bertz CT molecular complexity index is 1040. The molecular weight excluding hydrogens is 388 g/mol. The molecule has 1 fully saturated rings. The standard InChI is InChI=1S/C26H28N2O3/c1-2-28(23-13-12-20-8-6-7-9-22(20)18-23)26(30)21-14-16-27(17-15-21)25(29)19-31-24-10-4-3-5-11-24/h3-13,18,21H,2,14-17,19H2,1H3. The van der Waals surface area contributed by atoms with E-state index in [1.54, 1.807) is 4.90 Å². The zero-order chi connectivity index (χ0) is 21.6. The fourth-order valence-electron chi connectivity index (χ4n) is 4.16. The van der Waals surface area contributed by atoms with Crippen LogP contribution in [0, 0.1) is 5.92 Å². The molecule has 0 N–H and O–H groups in total. The number of carbonyl (C=O) groups is 2. The van der Waals surface area contributed by atoms with Gasteiger partial charge in [0.15, 0.2) is 6.61 Å². The lowest BCUT2D eigenvalue weighted by Gasteiger charge is -2.34. The Hall–Kier alpha value is -3.34. The third-order valence-electron chi connectivity index (χ3n) is 5.93. The van der Waals surface area contributed by atoms with Crippen molar-refractivity contribution >= 4 is 28.3 Å². The molecule has 0 spiro atoms. The van der Waals surface area contributed by atoms with E-state index < -0.39 is 0 Å². The predicted octanol–water partition coefficient (Wildman–Crippen LogP) is 4.51. The summed E-state index contributed by atoms with van der Waals surface area (Å²) in [5.74, 6) is 0.738. The fourth-order valence-corrected chi connectivity index (χ4v) is 4.16. The van der Waals surface area contributed by atoms with Gasteiger partial charge < -0.3 is 14.5 Å². The number of carbonyl (C=O) groups excluding carboxylic acids is 2. The molecule has 3 aromatic rings. The number of nitrogens with zero attached hydrogens (tertiary/aromatic N) is 2. The molecule has 0 aromatic heterocycles. The highest BCUT2D eigenvalue weighted by Gasteiger charge is 2.30. The quantitative estimate of drug-likeness (QED) is 0.594. The molecule has 2 amide bonds. The maximum atomic E-state index is 13.3. The van der Waals surface area contributed by atoms with Crippen LogP contribution in [0.2, 0.25) is 0 Å². The molecule has 160 valence electrons. The lowest BCUT2D eigenvalue weighted by molar-refractivity contribution is -0.136. The SMILES string of the molecule is CCN(C(=O)C1CCN(C(=O)COc2ccccc2)CC1)c1ccc2ccccc2c1. The smallest absolute Gasteiger partial charge is 0.260 e. The van der Waals surface area contributed by atoms with E-state index in [4.69, 9.17) is 4.74 Å². The first-order valence-corrected chi connectivity index (χ1v) is 10.9. The largest absolute Gasteiger partial charge is 0.484 e. The summed E-state index contributed by atoms with van der Waals surface area (Å²) < 4.78 is 5.58. The summed E-state index contributed by atoms with van der Waals surface area (Å²) >= 11 is 0. The van der Waals surface area contributed by atoms with Gasteiger partial charge in [0, 0.05) is 31.2 Å². The number of hydrogen-bond acceptors (Lipinski definition) is 3. The molecule has 1 aliphatic heterocycles. The van der Waals surface area contributed by atoms with Crippen LogP contribution in [0.15, 0.2) is 72.8 Å². The number of fused-ring (bicyclic) bond motifs is 1. The van der Waals surface area contributed by atoms with Crippen LogP contribution in [0.3, 0.4) is 0 Å². The van der Waals surface area contributed by atoms with Crippen molar-refractivity contribution in [2.45, 2.75) is 19.8 Å². The van der Waals surface area contributed by atoms with Crippen molar-refractivity contribution in [1.29, 1.82) is 0 Å². The zero-order valence-electron chi connectivity index (χ0n) is 17.9. The zero-order valence-corrected chi connectivity index (χ0v) is 17.9. The van der Waals surface area contributed by atoms with Gasteiger partial charge in [0.2, 0.25) is 5.91 Å². The van der Waals surface area contributed by atoms with E-state index in [9.17, 15) is 9.59 Å². The molecule has 3 aromatic carbocycles. The number of para-hydroxylation sites is 1. The highest BCUT2D eigenvalue weighted by molar-refractivity contribution is 5.97. The van der Waals surface area contributed by atoms with Gasteiger partial charge in [0.05, 0.1) is 0 Å². The molecular formula is C26H28N2O3. The Morgan fingerprint density at radius 3 is 2.32 bits per heavy atom. The third kappa shape index (κ3) is 4.88. The van der Waals surface area contributed by atoms with Gasteiger partial charge >= 0.3 is 0 Å². The monoisotopic (exact) mass is 416 g/mol. The van der Waals surface area contributed by atoms with Crippen molar-refractivity contribution in [3.63, 3.8) is 0 Å². The third-order valence-corrected chi connectivity index (χ3v) is 5.93. The van der Waals surface area contributed by atoms with Crippen LogP contribution in [-0.4, -0.2) is 43.0 Å². The van der Waals surface area contributed by atoms with Gasteiger partial charge in [-0.15, -0.1) is 0 Å². The molecule has 0 aliphatic carbocycles. The molecule has 1 aliphatic rings. The summed E-state index contributed by atoms with van der Waals surface area (Å²) in [7, 11) is 0. The summed E-state index contributed by atoms with van der Waals surface area (Å²) in [4.78, 5) is 29.4. The Morgan fingerprint density at radius 2 is 1.61 bits per heavy atom. The van der Waals surface area contributed by atoms with Crippen LogP contribution in [0.4, 0.5) is 5.69 Å². The topological polar surface area (TPSA) is 49.9 Å². The van der Waals surface area contributed by atoms with Gasteiger partial charge in [-0.25, -0.2) is 0 Å². The summed E-state index contributed by atoms with van der Waals surface area (Å²) in [5, 5.41) is 2.30. The second kappa shape index (κ2) is 9.65. The van der Waals surface area contributed by atoms with Crippen LogP contribution in [-0.2, 0) is 9.59 Å². The molecule has 5 nitrogen and oxygen atoms in total. The van der Waals surface area contributed by atoms with Crippen molar-refractivity contribution in [3.05, 3.63) is 72.8 Å². The first kappa shape index (κ1) is 20.9. The molecule has 0 radical (unpaired) electrons. The van der Waals surface area contributed by atoms with Crippen molar-refractivity contribution in [2.75, 3.05) is 31.1 Å². The number of ether oxygens (including phenoxy) is 1. The molecule has 4 rings (SSSR count). The molecule has 0 bridgehead atoms. The van der Waals surface area contributed by atoms with E-state index >= 15 is 0 Å². The van der Waals surface area contributed by atoms with E-state index in [1.165, 1.54) is 5.39 Å². The van der Waals surface area contributed by atoms with Crippen LogP contribution < -0.4 is 9.64 Å². The second-order valence-electron chi connectivity index (χ2n) is 7.87. The van der Waals surface area contributed by atoms with E-state index in [0.717, 1.165) is 11.1 Å². The Balaban J connectivity index is 1.34. The van der Waals surface area contributed by atoms with Crippen LogP contribution in [0.25, 0.3) is 10.8 Å². The lowest BCUT2D eigenvalue weighted by Crippen LogP contribution is -2.45. The van der Waals surface area contributed by atoms with Crippen molar-refractivity contribution in [1.82, 2.24) is 4.90 Å². The summed E-state index contributed by atoms with van der Waals surface area (Å²) in [5.41, 5.74) is 0.931. The molecule has 5 heteroatoms. The van der Waals surface area contributed by atoms with E-state index in [2.05, 4.69) is 24.3 Å². The lowest BCUT2D eigenvalue weighted by atomic mass is 9.94. The van der Waals surface area contributed by atoms with Crippen molar-refractivity contribution in [2.24, 2.45) is 5.92 Å². The average molecular weight is 417 g/mol. The van der Waals surface area contributed by atoms with Gasteiger partial charge in [0.25, 0.3) is 5.91 Å². The number of rotatable bonds is 6. The fraction of sp³-hybridized carbons (Fsp3) is 0.308. The summed E-state index contributed by atoms with van der Waals surface area (Å²) in [6, 6.07) is 23.7. The Morgan fingerprint density at radius 1 is 0.935 bits per heavy atom. The van der Waals surface area contributed by atoms with Crippen LogP contribution in [0.1, 0.15) is 19.8 Å². The summed E-state index contributed by atoms with van der Waals surface area (Å²) in [6.07, 6.45) is 1.36. The number of hydrogen-bond donors (Lipinski definition) is 0. The van der Waals surface area contributed by atoms with Gasteiger partial charge in [-0.05, 0) is 54.8 Å². The van der Waals surface area contributed by atoms with Gasteiger partial charge in [-0.3, -0.25) is 9.59 Å². The maximum Gasteiger partial charge on any atom is 0.260 e. The number of anilines is 1. The number of likely N-dealkylation sites (tertiary alicyclic amines) is 1. The molecule has 1 saturated heterocycles. The molecule has 31 heavy (non-hydrogen) atoms. The van der Waals surface area contributed by atoms with E-state index in [-0.39, 0.29) is 24.3 Å². The number of benzene rings is 3. The van der Waals surface area contributed by atoms with Crippen LogP contribution >= 0.6 is 0 Å². The van der Waals surface area contributed by atoms with Crippen LogP contribution in [0.5, 0.6) is 5.75 Å². The Kier molecular flexibility index (Phi) is 6.51. The number of amides is 2. The van der Waals surface area contributed by atoms with Gasteiger partial charge in [-0.1, -0.05) is 48.5 Å². The van der Waals surface area contributed by atoms with Gasteiger partial charge in [-0.2, -0.15) is 0 Å². The summed E-state index contributed by atoms with van der Waals surface area (Å²) in [6.45, 7) is 3.83. The first-order valence-electron chi connectivity index (χ1n) is 10.9. The maximum absolute atomic E-state index is 13.3. The minimum Gasteiger partial charge on any atom is -0.484 e. The molecule has 0 atom stereocenters. The normalized spacial score (nSPS) is 14.4. The molecule has 1 heterocycles. The van der Waals surface area contributed by atoms with E-state index in [0.29, 0.717) is 38.2 Å². The molecule has 0 saturated carbocycles. The Labute approximate surface area is 183 Å².